The third kappa shape index (κ3) is 7.80. The van der Waals surface area contributed by atoms with Gasteiger partial charge in [0.15, 0.2) is 11.6 Å². The summed E-state index contributed by atoms with van der Waals surface area (Å²) in [6.45, 7) is 13.9. The molecule has 0 spiro atoms. The van der Waals surface area contributed by atoms with Gasteiger partial charge in [0.05, 0.1) is 12.1 Å². The molecule has 6 nitrogen and oxygen atoms in total. The predicted molar refractivity (Wildman–Crippen MR) is 98.0 cm³/mol. The minimum absolute atomic E-state index is 0.00188. The number of carbonyl (C=O) groups excluding carboxylic acids is 4. The van der Waals surface area contributed by atoms with Crippen molar-refractivity contribution in [3.8, 4) is 0 Å². The average Bonchev–Trinajstić information content (AvgIpc) is 2.47. The van der Waals surface area contributed by atoms with Crippen molar-refractivity contribution >= 4 is 23.4 Å². The van der Waals surface area contributed by atoms with Crippen LogP contribution in [0.2, 0.25) is 0 Å². The van der Waals surface area contributed by atoms with Crippen LogP contribution in [0, 0.1) is 10.8 Å². The number of amides is 2. The Kier molecular flexibility index (Phi) is 8.48. The molecule has 0 aliphatic carbocycles. The SMILES string of the molecule is CC[C@H](NC(=O)CCC(C)(C)C(=O)[C@H](C)NC(C)=O)C(=O)C(C)(C)C. The van der Waals surface area contributed by atoms with Crippen LogP contribution >= 0.6 is 0 Å². The molecule has 0 rings (SSSR count). The molecule has 2 N–H and O–H groups in total. The van der Waals surface area contributed by atoms with E-state index in [1.54, 1.807) is 20.8 Å². The van der Waals surface area contributed by atoms with Gasteiger partial charge in [0.1, 0.15) is 0 Å². The first-order valence-corrected chi connectivity index (χ1v) is 8.87. The standard InChI is InChI=1S/C19H34N2O4/c1-9-14(17(25)18(4,5)6)21-15(23)10-11-19(7,8)16(24)12(2)20-13(3)22/h12,14H,9-11H2,1-8H3,(H,20,22)(H,21,23)/t12-,14-/m0/s1. The quantitative estimate of drug-likeness (QED) is 0.665. The van der Waals surface area contributed by atoms with Crippen LogP contribution in [0.5, 0.6) is 0 Å². The highest BCUT2D eigenvalue weighted by molar-refractivity contribution is 5.93. The number of hydrogen-bond donors (Lipinski definition) is 2. The zero-order valence-electron chi connectivity index (χ0n) is 16.9. The summed E-state index contributed by atoms with van der Waals surface area (Å²) in [5, 5.41) is 5.35. The molecule has 0 saturated heterocycles. The third-order valence-corrected chi connectivity index (χ3v) is 4.26. The zero-order valence-corrected chi connectivity index (χ0v) is 16.9. The van der Waals surface area contributed by atoms with Crippen LogP contribution in [-0.4, -0.2) is 35.5 Å². The van der Waals surface area contributed by atoms with E-state index in [4.69, 9.17) is 0 Å². The molecule has 0 aromatic heterocycles. The number of nitrogens with one attached hydrogen (secondary N) is 2. The summed E-state index contributed by atoms with van der Waals surface area (Å²) in [7, 11) is 0. The van der Waals surface area contributed by atoms with Crippen LogP contribution in [0.4, 0.5) is 0 Å². The van der Waals surface area contributed by atoms with Crippen molar-refractivity contribution in [1.82, 2.24) is 10.6 Å². The third-order valence-electron chi connectivity index (χ3n) is 4.26. The Hall–Kier alpha value is -1.72. The zero-order chi connectivity index (χ0) is 20.0. The maximum Gasteiger partial charge on any atom is 0.220 e. The van der Waals surface area contributed by atoms with Gasteiger partial charge in [0.2, 0.25) is 11.8 Å². The van der Waals surface area contributed by atoms with E-state index in [1.807, 2.05) is 27.7 Å². The smallest absolute Gasteiger partial charge is 0.220 e. The first kappa shape index (κ1) is 23.3. The molecule has 2 amide bonds. The summed E-state index contributed by atoms with van der Waals surface area (Å²) in [4.78, 5) is 48.1. The van der Waals surface area contributed by atoms with E-state index in [1.165, 1.54) is 6.92 Å². The number of ketones is 2. The lowest BCUT2D eigenvalue weighted by molar-refractivity contribution is -0.134. The molecular formula is C19H34N2O4. The minimum Gasteiger partial charge on any atom is -0.347 e. The van der Waals surface area contributed by atoms with E-state index in [0.29, 0.717) is 12.8 Å². The van der Waals surface area contributed by atoms with Crippen molar-refractivity contribution in [2.75, 3.05) is 0 Å². The Morgan fingerprint density at radius 2 is 1.44 bits per heavy atom. The van der Waals surface area contributed by atoms with Crippen LogP contribution in [0.25, 0.3) is 0 Å². The fourth-order valence-electron chi connectivity index (χ4n) is 2.65. The highest BCUT2D eigenvalue weighted by atomic mass is 16.2. The molecule has 0 fully saturated rings. The lowest BCUT2D eigenvalue weighted by atomic mass is 9.80. The van der Waals surface area contributed by atoms with E-state index in [9.17, 15) is 19.2 Å². The molecule has 25 heavy (non-hydrogen) atoms. The number of hydrogen-bond acceptors (Lipinski definition) is 4. The Balaban J connectivity index is 4.73. The molecule has 0 aliphatic rings. The highest BCUT2D eigenvalue weighted by Crippen LogP contribution is 2.25. The first-order valence-electron chi connectivity index (χ1n) is 8.87. The van der Waals surface area contributed by atoms with Crippen molar-refractivity contribution < 1.29 is 19.2 Å². The Labute approximate surface area is 151 Å². The van der Waals surface area contributed by atoms with Crippen LogP contribution in [-0.2, 0) is 19.2 Å². The second-order valence-corrected chi connectivity index (χ2v) is 8.31. The van der Waals surface area contributed by atoms with Gasteiger partial charge < -0.3 is 10.6 Å². The molecule has 6 heteroatoms. The van der Waals surface area contributed by atoms with Crippen LogP contribution in [0.15, 0.2) is 0 Å². The van der Waals surface area contributed by atoms with Crippen molar-refractivity contribution in [1.29, 1.82) is 0 Å². The highest BCUT2D eigenvalue weighted by Gasteiger charge is 2.33. The van der Waals surface area contributed by atoms with Gasteiger partial charge in [-0.25, -0.2) is 0 Å². The Morgan fingerprint density at radius 1 is 0.920 bits per heavy atom. The van der Waals surface area contributed by atoms with E-state index < -0.39 is 22.9 Å². The normalized spacial score (nSPS) is 14.4. The van der Waals surface area contributed by atoms with Gasteiger partial charge in [-0.05, 0) is 19.8 Å². The van der Waals surface area contributed by atoms with Gasteiger partial charge >= 0.3 is 0 Å². The van der Waals surface area contributed by atoms with E-state index >= 15 is 0 Å². The molecule has 0 unspecified atom stereocenters. The number of rotatable bonds is 9. The number of Topliss-reactive ketones (excluding diaryl/α,β-unsaturated/α-hetero) is 2. The molecule has 0 bridgehead atoms. The summed E-state index contributed by atoms with van der Waals surface area (Å²) in [5.74, 6) is -0.621. The molecule has 0 aliphatic heterocycles. The van der Waals surface area contributed by atoms with Crippen LogP contribution < -0.4 is 10.6 Å². The van der Waals surface area contributed by atoms with Gasteiger partial charge in [-0.3, -0.25) is 19.2 Å². The summed E-state index contributed by atoms with van der Waals surface area (Å²) < 4.78 is 0. The van der Waals surface area contributed by atoms with Crippen molar-refractivity contribution in [3.05, 3.63) is 0 Å². The monoisotopic (exact) mass is 354 g/mol. The van der Waals surface area contributed by atoms with E-state index in [-0.39, 0.29) is 29.8 Å². The van der Waals surface area contributed by atoms with Gasteiger partial charge in [0, 0.05) is 24.2 Å². The molecule has 0 aromatic rings. The second-order valence-electron chi connectivity index (χ2n) is 8.31. The van der Waals surface area contributed by atoms with E-state index in [2.05, 4.69) is 10.6 Å². The van der Waals surface area contributed by atoms with Gasteiger partial charge in [-0.15, -0.1) is 0 Å². The molecule has 0 aromatic carbocycles. The average molecular weight is 354 g/mol. The van der Waals surface area contributed by atoms with Crippen LogP contribution in [0.3, 0.4) is 0 Å². The minimum atomic E-state index is -0.741. The predicted octanol–water partition coefficient (Wildman–Crippen LogP) is 2.40. The fourth-order valence-corrected chi connectivity index (χ4v) is 2.65. The van der Waals surface area contributed by atoms with Crippen molar-refractivity contribution in [2.45, 2.75) is 86.7 Å². The lowest BCUT2D eigenvalue weighted by Crippen LogP contribution is -2.46. The van der Waals surface area contributed by atoms with Gasteiger partial charge in [-0.1, -0.05) is 41.5 Å². The van der Waals surface area contributed by atoms with Gasteiger partial charge in [-0.2, -0.15) is 0 Å². The summed E-state index contributed by atoms with van der Waals surface area (Å²) in [6.07, 6.45) is 1.03. The summed E-state index contributed by atoms with van der Waals surface area (Å²) >= 11 is 0. The van der Waals surface area contributed by atoms with Crippen LogP contribution in [0.1, 0.15) is 74.7 Å². The summed E-state index contributed by atoms with van der Waals surface area (Å²) in [5.41, 5.74) is -1.26. The van der Waals surface area contributed by atoms with Gasteiger partial charge in [0.25, 0.3) is 0 Å². The second kappa shape index (κ2) is 9.11. The molecule has 0 radical (unpaired) electrons. The Bertz CT molecular complexity index is 518. The largest absolute Gasteiger partial charge is 0.347 e. The molecule has 0 heterocycles. The molecule has 144 valence electrons. The lowest BCUT2D eigenvalue weighted by Gasteiger charge is -2.28. The molecule has 2 atom stereocenters. The molecule has 0 saturated carbocycles. The van der Waals surface area contributed by atoms with Crippen molar-refractivity contribution in [3.63, 3.8) is 0 Å². The maximum absolute atomic E-state index is 12.4. The van der Waals surface area contributed by atoms with Crippen molar-refractivity contribution in [2.24, 2.45) is 10.8 Å². The first-order chi connectivity index (χ1) is 11.2. The maximum atomic E-state index is 12.4. The molecular weight excluding hydrogens is 320 g/mol. The topological polar surface area (TPSA) is 92.3 Å². The fraction of sp³-hybridized carbons (Fsp3) is 0.789. The summed E-state index contributed by atoms with van der Waals surface area (Å²) in [6, 6.07) is -1.11. The van der Waals surface area contributed by atoms with E-state index in [0.717, 1.165) is 0 Å². The Morgan fingerprint density at radius 3 is 1.84 bits per heavy atom. The number of carbonyl (C=O) groups is 4.